The summed E-state index contributed by atoms with van der Waals surface area (Å²) < 4.78 is 3.10. The molecule has 0 atom stereocenters. The highest BCUT2D eigenvalue weighted by atomic mass is 79.9. The van der Waals surface area contributed by atoms with Gasteiger partial charge in [-0.05, 0) is 34.1 Å². The first-order valence-corrected chi connectivity index (χ1v) is 6.20. The van der Waals surface area contributed by atoms with Crippen LogP contribution in [0, 0.1) is 0 Å². The Hall–Kier alpha value is -1.56. The zero-order valence-corrected chi connectivity index (χ0v) is 10.8. The highest BCUT2D eigenvalue weighted by Crippen LogP contribution is 2.30. The van der Waals surface area contributed by atoms with Gasteiger partial charge in [-0.3, -0.25) is 0 Å². The van der Waals surface area contributed by atoms with Crippen molar-refractivity contribution in [1.29, 1.82) is 0 Å². The van der Waals surface area contributed by atoms with Crippen molar-refractivity contribution < 1.29 is 0 Å². The first-order valence-electron chi connectivity index (χ1n) is 5.41. The van der Waals surface area contributed by atoms with Crippen LogP contribution < -0.4 is 10.6 Å². The van der Waals surface area contributed by atoms with E-state index < -0.39 is 0 Å². The lowest BCUT2D eigenvalue weighted by molar-refractivity contribution is 0.559. The minimum absolute atomic E-state index is 0.765. The smallest absolute Gasteiger partial charge is 0.152 e. The fraction of sp³-hybridized carbons (Fsp3) is 0.273. The van der Waals surface area contributed by atoms with Crippen molar-refractivity contribution in [2.24, 2.45) is 0 Å². The van der Waals surface area contributed by atoms with Gasteiger partial charge in [0.15, 0.2) is 5.82 Å². The van der Waals surface area contributed by atoms with Crippen molar-refractivity contribution in [3.05, 3.63) is 34.8 Å². The topological polar surface area (TPSA) is 60.0 Å². The third-order valence-corrected chi connectivity index (χ3v) is 3.59. The summed E-state index contributed by atoms with van der Waals surface area (Å²) in [7, 11) is 0. The van der Waals surface area contributed by atoms with Crippen LogP contribution >= 0.6 is 15.9 Å². The van der Waals surface area contributed by atoms with Crippen LogP contribution in [-0.4, -0.2) is 21.3 Å². The quantitative estimate of drug-likeness (QED) is 0.812. The maximum atomic E-state index is 5.74. The number of nitrogens with two attached hydrogens (primary N) is 1. The molecule has 0 saturated heterocycles. The van der Waals surface area contributed by atoms with E-state index in [4.69, 9.17) is 5.73 Å². The molecule has 5 nitrogen and oxygen atoms in total. The third kappa shape index (κ3) is 1.88. The van der Waals surface area contributed by atoms with E-state index >= 15 is 0 Å². The Morgan fingerprint density at radius 2 is 2.18 bits per heavy atom. The number of aromatic nitrogens is 3. The Labute approximate surface area is 107 Å². The van der Waals surface area contributed by atoms with Crippen LogP contribution in [0.15, 0.2) is 29.0 Å². The zero-order chi connectivity index (χ0) is 11.8. The lowest BCUT2D eigenvalue weighted by Gasteiger charge is -2.29. The second-order valence-corrected chi connectivity index (χ2v) is 4.93. The summed E-state index contributed by atoms with van der Waals surface area (Å²) in [5.74, 6) is 1.000. The molecule has 0 fully saturated rings. The maximum absolute atomic E-state index is 5.74. The molecule has 0 radical (unpaired) electrons. The van der Waals surface area contributed by atoms with E-state index in [0.29, 0.717) is 0 Å². The van der Waals surface area contributed by atoms with Crippen LogP contribution in [0.3, 0.4) is 0 Å². The molecular formula is C11H12BrN5. The number of nitrogen functional groups attached to an aromatic ring is 1. The fourth-order valence-electron chi connectivity index (χ4n) is 2.05. The first kappa shape index (κ1) is 10.6. The van der Waals surface area contributed by atoms with Crippen LogP contribution in [-0.2, 0) is 13.1 Å². The molecule has 1 aliphatic rings. The number of hydrogen-bond acceptors (Lipinski definition) is 4. The first-order chi connectivity index (χ1) is 8.24. The summed E-state index contributed by atoms with van der Waals surface area (Å²) in [6.07, 6.45) is 1.78. The van der Waals surface area contributed by atoms with Gasteiger partial charge in [0.25, 0.3) is 0 Å². The number of benzene rings is 1. The normalized spacial score (nSPS) is 14.8. The average molecular weight is 294 g/mol. The maximum Gasteiger partial charge on any atom is 0.152 e. The van der Waals surface area contributed by atoms with E-state index in [1.54, 1.807) is 6.33 Å². The fourth-order valence-corrected chi connectivity index (χ4v) is 2.70. The lowest BCUT2D eigenvalue weighted by Crippen LogP contribution is -2.33. The Morgan fingerprint density at radius 3 is 3.00 bits per heavy atom. The van der Waals surface area contributed by atoms with E-state index in [1.807, 2.05) is 18.2 Å². The largest absolute Gasteiger partial charge is 0.399 e. The van der Waals surface area contributed by atoms with Crippen LogP contribution in [0.5, 0.6) is 0 Å². The van der Waals surface area contributed by atoms with Gasteiger partial charge in [0.1, 0.15) is 6.33 Å². The summed E-state index contributed by atoms with van der Waals surface area (Å²) >= 11 is 3.55. The third-order valence-electron chi connectivity index (χ3n) is 2.95. The molecule has 3 rings (SSSR count). The van der Waals surface area contributed by atoms with E-state index in [2.05, 4.69) is 35.6 Å². The molecule has 17 heavy (non-hydrogen) atoms. The molecule has 2 N–H and O–H groups in total. The van der Waals surface area contributed by atoms with E-state index in [1.165, 1.54) is 0 Å². The number of hydrogen-bond donors (Lipinski definition) is 1. The highest BCUT2D eigenvalue weighted by Gasteiger charge is 2.19. The predicted octanol–water partition coefficient (Wildman–Crippen LogP) is 1.64. The second-order valence-electron chi connectivity index (χ2n) is 4.07. The molecule has 1 aromatic heterocycles. The number of rotatable bonds is 1. The summed E-state index contributed by atoms with van der Waals surface area (Å²) in [5.41, 5.74) is 7.65. The molecule has 1 aliphatic heterocycles. The minimum Gasteiger partial charge on any atom is -0.399 e. The van der Waals surface area contributed by atoms with Crippen LogP contribution in [0.25, 0.3) is 0 Å². The standard InChI is InChI=1S/C11H12BrN5/c12-9-5-8(13)1-2-10(9)16-3-4-17-7-14-15-11(17)6-16/h1-2,5,7H,3-4,6,13H2. The molecular weight excluding hydrogens is 282 g/mol. The minimum atomic E-state index is 0.765. The van der Waals surface area contributed by atoms with Crippen LogP contribution in [0.1, 0.15) is 5.82 Å². The van der Waals surface area contributed by atoms with Gasteiger partial charge in [-0.15, -0.1) is 10.2 Å². The van der Waals surface area contributed by atoms with Crippen molar-refractivity contribution >= 4 is 27.3 Å². The van der Waals surface area contributed by atoms with Gasteiger partial charge in [0, 0.05) is 23.2 Å². The van der Waals surface area contributed by atoms with E-state index in [-0.39, 0.29) is 0 Å². The Kier molecular flexibility index (Phi) is 2.51. The number of halogens is 1. The van der Waals surface area contributed by atoms with Crippen molar-refractivity contribution in [3.63, 3.8) is 0 Å². The van der Waals surface area contributed by atoms with Crippen LogP contribution in [0.2, 0.25) is 0 Å². The molecule has 0 aliphatic carbocycles. The molecule has 0 unspecified atom stereocenters. The van der Waals surface area contributed by atoms with Gasteiger partial charge in [-0.25, -0.2) is 0 Å². The second kappa shape index (κ2) is 4.03. The molecule has 88 valence electrons. The van der Waals surface area contributed by atoms with Crippen molar-refractivity contribution in [2.45, 2.75) is 13.1 Å². The van der Waals surface area contributed by atoms with Crippen molar-refractivity contribution in [2.75, 3.05) is 17.2 Å². The van der Waals surface area contributed by atoms with Gasteiger partial charge >= 0.3 is 0 Å². The molecule has 2 aromatic rings. The highest BCUT2D eigenvalue weighted by molar-refractivity contribution is 9.10. The molecule has 2 heterocycles. The summed E-state index contributed by atoms with van der Waals surface area (Å²) in [5, 5.41) is 8.03. The molecule has 0 amide bonds. The van der Waals surface area contributed by atoms with Gasteiger partial charge in [0.2, 0.25) is 0 Å². The number of anilines is 2. The molecule has 1 aromatic carbocycles. The number of nitrogens with zero attached hydrogens (tertiary/aromatic N) is 4. The number of fused-ring (bicyclic) bond motifs is 1. The Morgan fingerprint density at radius 1 is 1.29 bits per heavy atom. The summed E-state index contributed by atoms with van der Waals surface area (Å²) in [6, 6.07) is 5.87. The Balaban J connectivity index is 1.91. The zero-order valence-electron chi connectivity index (χ0n) is 9.17. The van der Waals surface area contributed by atoms with Crippen LogP contribution in [0.4, 0.5) is 11.4 Å². The monoisotopic (exact) mass is 293 g/mol. The SMILES string of the molecule is Nc1ccc(N2CCn3cnnc3C2)c(Br)c1. The molecule has 0 bridgehead atoms. The lowest BCUT2D eigenvalue weighted by atomic mass is 10.2. The molecule has 6 heteroatoms. The van der Waals surface area contributed by atoms with Gasteiger partial charge in [-0.2, -0.15) is 0 Å². The van der Waals surface area contributed by atoms with E-state index in [9.17, 15) is 0 Å². The summed E-state index contributed by atoms with van der Waals surface area (Å²) in [6.45, 7) is 2.65. The predicted molar refractivity (Wildman–Crippen MR) is 69.6 cm³/mol. The van der Waals surface area contributed by atoms with Crippen molar-refractivity contribution in [1.82, 2.24) is 14.8 Å². The van der Waals surface area contributed by atoms with Crippen molar-refractivity contribution in [3.8, 4) is 0 Å². The van der Waals surface area contributed by atoms with Gasteiger partial charge in [0.05, 0.1) is 12.2 Å². The Bertz CT molecular complexity index is 551. The average Bonchev–Trinajstić information content (AvgIpc) is 2.75. The molecule has 0 spiro atoms. The van der Waals surface area contributed by atoms with Gasteiger partial charge < -0.3 is 15.2 Å². The van der Waals surface area contributed by atoms with E-state index in [0.717, 1.165) is 41.3 Å². The van der Waals surface area contributed by atoms with Gasteiger partial charge in [-0.1, -0.05) is 0 Å². The molecule has 0 saturated carbocycles. The summed E-state index contributed by atoms with van der Waals surface area (Å²) in [4.78, 5) is 2.27.